The molecule has 166 valence electrons. The van der Waals surface area contributed by atoms with E-state index in [1.54, 1.807) is 19.3 Å². The molecule has 0 aliphatic carbocycles. The predicted octanol–water partition coefficient (Wildman–Crippen LogP) is 6.39. The summed E-state index contributed by atoms with van der Waals surface area (Å²) < 4.78 is 40.6. The van der Waals surface area contributed by atoms with Crippen LogP contribution in [-0.4, -0.2) is 19.5 Å². The van der Waals surface area contributed by atoms with Crippen molar-refractivity contribution in [1.82, 2.24) is 0 Å². The summed E-state index contributed by atoms with van der Waals surface area (Å²) in [5.74, 6) is 1.09. The molecule has 0 saturated carbocycles. The molecule has 3 aromatic rings. The minimum atomic E-state index is -2.94. The van der Waals surface area contributed by atoms with Crippen LogP contribution < -0.4 is 14.2 Å². The molecule has 3 aromatic carbocycles. The van der Waals surface area contributed by atoms with Crippen LogP contribution in [0.4, 0.5) is 8.78 Å². The Labute approximate surface area is 186 Å². The van der Waals surface area contributed by atoms with Gasteiger partial charge in [-0.2, -0.15) is 8.78 Å². The van der Waals surface area contributed by atoms with Gasteiger partial charge in [0.25, 0.3) is 0 Å². The Hall–Kier alpha value is -3.67. The number of halogens is 2. The fraction of sp³-hybridized carbons (Fsp3) is 0.192. The maximum absolute atomic E-state index is 12.5. The van der Waals surface area contributed by atoms with Crippen molar-refractivity contribution in [3.63, 3.8) is 0 Å². The van der Waals surface area contributed by atoms with E-state index in [1.807, 2.05) is 50.2 Å². The highest BCUT2D eigenvalue weighted by atomic mass is 19.3. The van der Waals surface area contributed by atoms with Gasteiger partial charge in [-0.3, -0.25) is 4.79 Å². The molecule has 0 heterocycles. The van der Waals surface area contributed by atoms with Gasteiger partial charge in [-0.15, -0.1) is 0 Å². The summed E-state index contributed by atoms with van der Waals surface area (Å²) >= 11 is 0. The first-order valence-corrected chi connectivity index (χ1v) is 10.0. The number of ether oxygens (including phenoxy) is 3. The van der Waals surface area contributed by atoms with E-state index >= 15 is 0 Å². The number of carbonyl (C=O) groups excluding carboxylic acids is 1. The molecule has 4 nitrogen and oxygen atoms in total. The zero-order valence-electron chi connectivity index (χ0n) is 18.1. The van der Waals surface area contributed by atoms with Crippen LogP contribution in [0.5, 0.6) is 17.2 Å². The largest absolute Gasteiger partial charge is 0.496 e. The molecule has 0 spiro atoms. The van der Waals surface area contributed by atoms with Crippen molar-refractivity contribution in [2.75, 3.05) is 7.11 Å². The van der Waals surface area contributed by atoms with E-state index in [9.17, 15) is 13.6 Å². The first kappa shape index (κ1) is 23.0. The minimum absolute atomic E-state index is 0.0606. The molecule has 6 heteroatoms. The van der Waals surface area contributed by atoms with Crippen LogP contribution >= 0.6 is 0 Å². The summed E-state index contributed by atoms with van der Waals surface area (Å²) in [6.07, 6.45) is 3.04. The van der Waals surface area contributed by atoms with E-state index in [0.717, 1.165) is 28.0 Å². The van der Waals surface area contributed by atoms with Crippen LogP contribution in [0, 0.1) is 13.8 Å². The molecule has 0 aliphatic rings. The molecule has 0 radical (unpaired) electrons. The van der Waals surface area contributed by atoms with Crippen molar-refractivity contribution in [2.24, 2.45) is 0 Å². The fourth-order valence-electron chi connectivity index (χ4n) is 3.14. The molecule has 32 heavy (non-hydrogen) atoms. The summed E-state index contributed by atoms with van der Waals surface area (Å²) in [5.41, 5.74) is 4.08. The number of hydrogen-bond acceptors (Lipinski definition) is 4. The molecule has 0 N–H and O–H groups in total. The third-order valence-corrected chi connectivity index (χ3v) is 5.01. The first-order valence-electron chi connectivity index (χ1n) is 10.0. The first-order chi connectivity index (χ1) is 15.4. The number of allylic oxidation sites excluding steroid dienone is 1. The molecule has 0 bridgehead atoms. The lowest BCUT2D eigenvalue weighted by molar-refractivity contribution is -0.0498. The summed E-state index contributed by atoms with van der Waals surface area (Å²) in [6, 6.07) is 17.1. The Morgan fingerprint density at radius 2 is 1.78 bits per heavy atom. The second-order valence-corrected chi connectivity index (χ2v) is 7.16. The number of methoxy groups -OCH3 is 1. The van der Waals surface area contributed by atoms with E-state index < -0.39 is 6.61 Å². The normalized spacial score (nSPS) is 11.1. The van der Waals surface area contributed by atoms with Crippen LogP contribution in [0.3, 0.4) is 0 Å². The zero-order chi connectivity index (χ0) is 23.1. The second-order valence-electron chi connectivity index (χ2n) is 7.16. The van der Waals surface area contributed by atoms with E-state index in [2.05, 4.69) is 4.74 Å². The summed E-state index contributed by atoms with van der Waals surface area (Å²) in [5, 5.41) is 0. The molecule has 0 atom stereocenters. The zero-order valence-corrected chi connectivity index (χ0v) is 18.1. The van der Waals surface area contributed by atoms with E-state index in [4.69, 9.17) is 9.47 Å². The number of benzene rings is 3. The molecule has 0 saturated heterocycles. The maximum Gasteiger partial charge on any atom is 0.387 e. The van der Waals surface area contributed by atoms with Gasteiger partial charge >= 0.3 is 6.61 Å². The summed E-state index contributed by atoms with van der Waals surface area (Å²) in [4.78, 5) is 12.5. The molecule has 0 unspecified atom stereocenters. The van der Waals surface area contributed by atoms with Crippen LogP contribution in [0.1, 0.15) is 32.6 Å². The number of rotatable bonds is 9. The van der Waals surface area contributed by atoms with Gasteiger partial charge in [0.2, 0.25) is 0 Å². The van der Waals surface area contributed by atoms with E-state index in [1.165, 1.54) is 24.3 Å². The number of ketones is 1. The fourth-order valence-corrected chi connectivity index (χ4v) is 3.14. The highest BCUT2D eigenvalue weighted by Gasteiger charge is 2.09. The van der Waals surface area contributed by atoms with Gasteiger partial charge in [0, 0.05) is 11.1 Å². The third kappa shape index (κ3) is 5.94. The smallest absolute Gasteiger partial charge is 0.387 e. The Bertz CT molecular complexity index is 1120. The van der Waals surface area contributed by atoms with Gasteiger partial charge in [0.1, 0.15) is 23.9 Å². The van der Waals surface area contributed by atoms with Gasteiger partial charge < -0.3 is 14.2 Å². The third-order valence-electron chi connectivity index (χ3n) is 5.01. The second kappa shape index (κ2) is 10.6. The molecular formula is C26H24F2O4. The van der Waals surface area contributed by atoms with Gasteiger partial charge in [-0.1, -0.05) is 36.4 Å². The van der Waals surface area contributed by atoms with Crippen molar-refractivity contribution in [3.05, 3.63) is 94.6 Å². The van der Waals surface area contributed by atoms with Gasteiger partial charge in [-0.25, -0.2) is 0 Å². The van der Waals surface area contributed by atoms with Gasteiger partial charge in [0.05, 0.1) is 7.11 Å². The van der Waals surface area contributed by atoms with Crippen molar-refractivity contribution < 1.29 is 27.8 Å². The van der Waals surface area contributed by atoms with Gasteiger partial charge in [-0.05, 0) is 66.9 Å². The lowest BCUT2D eigenvalue weighted by atomic mass is 10.1. The van der Waals surface area contributed by atoms with Crippen molar-refractivity contribution in [2.45, 2.75) is 27.1 Å². The van der Waals surface area contributed by atoms with E-state index in [0.29, 0.717) is 12.4 Å². The average Bonchev–Trinajstić information content (AvgIpc) is 2.78. The van der Waals surface area contributed by atoms with Crippen molar-refractivity contribution >= 4 is 11.9 Å². The molecule has 0 amide bonds. The Morgan fingerprint density at radius 3 is 2.53 bits per heavy atom. The summed E-state index contributed by atoms with van der Waals surface area (Å²) in [7, 11) is 1.59. The topological polar surface area (TPSA) is 44.8 Å². The number of carbonyl (C=O) groups is 1. The molecule has 0 aromatic heterocycles. The van der Waals surface area contributed by atoms with Crippen molar-refractivity contribution in [3.8, 4) is 17.2 Å². The highest BCUT2D eigenvalue weighted by Crippen LogP contribution is 2.26. The standard InChI is InChI=1S/C26H24F2O4/c1-17-6-4-9-24(18(17)2)31-16-21-14-19(11-13-25(21)30-3)10-12-23(29)20-7-5-8-22(15-20)32-26(27)28/h4-15,26H,16H2,1-3H3/b12-10+. The highest BCUT2D eigenvalue weighted by molar-refractivity contribution is 6.07. The van der Waals surface area contributed by atoms with Crippen LogP contribution in [0.25, 0.3) is 6.08 Å². The summed E-state index contributed by atoms with van der Waals surface area (Å²) in [6.45, 7) is 1.39. The number of hydrogen-bond donors (Lipinski definition) is 0. The van der Waals surface area contributed by atoms with Crippen LogP contribution in [0.15, 0.2) is 66.7 Å². The number of aryl methyl sites for hydroxylation is 1. The average molecular weight is 438 g/mol. The van der Waals surface area contributed by atoms with Gasteiger partial charge in [0.15, 0.2) is 5.78 Å². The molecule has 3 rings (SSSR count). The van der Waals surface area contributed by atoms with Crippen molar-refractivity contribution in [1.29, 1.82) is 0 Å². The molecular weight excluding hydrogens is 414 g/mol. The number of alkyl halides is 2. The lowest BCUT2D eigenvalue weighted by Crippen LogP contribution is -2.03. The SMILES string of the molecule is COc1ccc(/C=C/C(=O)c2cccc(OC(F)F)c2)cc1COc1cccc(C)c1C. The lowest BCUT2D eigenvalue weighted by Gasteiger charge is -2.13. The van der Waals surface area contributed by atoms with Crippen LogP contribution in [-0.2, 0) is 6.61 Å². The Balaban J connectivity index is 1.75. The van der Waals surface area contributed by atoms with E-state index in [-0.39, 0.29) is 17.1 Å². The molecule has 0 aliphatic heterocycles. The molecule has 0 fully saturated rings. The maximum atomic E-state index is 12.5. The predicted molar refractivity (Wildman–Crippen MR) is 120 cm³/mol. The van der Waals surface area contributed by atoms with Crippen LogP contribution in [0.2, 0.25) is 0 Å². The minimum Gasteiger partial charge on any atom is -0.496 e. The Morgan fingerprint density at radius 1 is 1.00 bits per heavy atom. The Kier molecular flexibility index (Phi) is 7.60. The monoisotopic (exact) mass is 438 g/mol. The quantitative estimate of drug-likeness (QED) is 0.287.